The van der Waals surface area contributed by atoms with Gasteiger partial charge in [-0.05, 0) is 19.4 Å². The minimum absolute atomic E-state index is 0. The molecule has 1 aromatic heterocycles. The number of hydrogen-bond acceptors (Lipinski definition) is 5. The summed E-state index contributed by atoms with van der Waals surface area (Å²) >= 11 is 1.20. The van der Waals surface area contributed by atoms with Gasteiger partial charge in [0.05, 0.1) is 5.25 Å². The number of nitrogens with zero attached hydrogens (tertiary/aromatic N) is 1. The zero-order chi connectivity index (χ0) is 10.0. The summed E-state index contributed by atoms with van der Waals surface area (Å²) in [7, 11) is -3.17. The van der Waals surface area contributed by atoms with E-state index < -0.39 is 9.84 Å². The summed E-state index contributed by atoms with van der Waals surface area (Å²) in [6.07, 6.45) is 3.21. The molecule has 15 heavy (non-hydrogen) atoms. The molecule has 0 radical (unpaired) electrons. The molecule has 1 atom stereocenters. The third-order valence-corrected chi connectivity index (χ3v) is 5.77. The summed E-state index contributed by atoms with van der Waals surface area (Å²) in [6, 6.07) is 0. The quantitative estimate of drug-likeness (QED) is 0.872. The molecular weight excluding hydrogens is 256 g/mol. The maximum atomic E-state index is 12.0. The van der Waals surface area contributed by atoms with E-state index in [2.05, 4.69) is 10.3 Å². The highest BCUT2D eigenvalue weighted by Crippen LogP contribution is 2.22. The van der Waals surface area contributed by atoms with Crippen LogP contribution in [0.1, 0.15) is 12.8 Å². The number of aromatic nitrogens is 1. The average molecular weight is 269 g/mol. The highest BCUT2D eigenvalue weighted by atomic mass is 35.5. The maximum absolute atomic E-state index is 12.0. The van der Waals surface area contributed by atoms with Crippen molar-refractivity contribution in [2.24, 2.45) is 0 Å². The molecule has 1 fully saturated rings. The fourth-order valence-corrected chi connectivity index (χ4v) is 4.36. The molecular formula is C8H13ClN2O2S2. The lowest BCUT2D eigenvalue weighted by atomic mass is 10.2. The van der Waals surface area contributed by atoms with Crippen LogP contribution in [0, 0.1) is 0 Å². The lowest BCUT2D eigenvalue weighted by Crippen LogP contribution is -2.38. The smallest absolute Gasteiger partial charge is 0.209 e. The van der Waals surface area contributed by atoms with Gasteiger partial charge in [-0.3, -0.25) is 0 Å². The van der Waals surface area contributed by atoms with Gasteiger partial charge in [0.2, 0.25) is 14.2 Å². The van der Waals surface area contributed by atoms with Crippen molar-refractivity contribution >= 4 is 33.6 Å². The summed E-state index contributed by atoms with van der Waals surface area (Å²) in [5.41, 5.74) is 0. The van der Waals surface area contributed by atoms with Crippen molar-refractivity contribution in [3.8, 4) is 0 Å². The SMILES string of the molecule is Cl.O=S(=O)(c1nccs1)C1CCCNC1. The highest BCUT2D eigenvalue weighted by Gasteiger charge is 2.30. The van der Waals surface area contributed by atoms with Crippen molar-refractivity contribution < 1.29 is 8.42 Å². The lowest BCUT2D eigenvalue weighted by molar-refractivity contribution is 0.496. The maximum Gasteiger partial charge on any atom is 0.209 e. The number of nitrogens with one attached hydrogen (secondary N) is 1. The van der Waals surface area contributed by atoms with Gasteiger partial charge in [0.15, 0.2) is 0 Å². The van der Waals surface area contributed by atoms with E-state index >= 15 is 0 Å². The van der Waals surface area contributed by atoms with Crippen LogP contribution < -0.4 is 5.32 Å². The number of rotatable bonds is 2. The monoisotopic (exact) mass is 268 g/mol. The molecule has 0 spiro atoms. The number of sulfone groups is 1. The first-order valence-electron chi connectivity index (χ1n) is 4.55. The van der Waals surface area contributed by atoms with E-state index in [9.17, 15) is 8.42 Å². The first-order valence-corrected chi connectivity index (χ1v) is 6.98. The molecule has 1 aliphatic rings. The molecule has 4 nitrogen and oxygen atoms in total. The first-order chi connectivity index (χ1) is 6.71. The van der Waals surface area contributed by atoms with Gasteiger partial charge in [-0.25, -0.2) is 13.4 Å². The zero-order valence-electron chi connectivity index (χ0n) is 8.05. The Balaban J connectivity index is 0.00000112. The molecule has 1 unspecified atom stereocenters. The summed E-state index contributed by atoms with van der Waals surface area (Å²) in [5.74, 6) is 0. The molecule has 0 aliphatic carbocycles. The number of thiazole rings is 1. The van der Waals surface area contributed by atoms with E-state index in [0.717, 1.165) is 19.4 Å². The van der Waals surface area contributed by atoms with E-state index in [1.54, 1.807) is 5.38 Å². The third-order valence-electron chi connectivity index (χ3n) is 2.34. The van der Waals surface area contributed by atoms with Crippen LogP contribution in [0.4, 0.5) is 0 Å². The van der Waals surface area contributed by atoms with Crippen LogP contribution in [0.5, 0.6) is 0 Å². The zero-order valence-corrected chi connectivity index (χ0v) is 10.5. The van der Waals surface area contributed by atoms with Gasteiger partial charge in [0, 0.05) is 18.1 Å². The van der Waals surface area contributed by atoms with Gasteiger partial charge in [0.25, 0.3) is 0 Å². The van der Waals surface area contributed by atoms with Gasteiger partial charge in [0.1, 0.15) is 0 Å². The van der Waals surface area contributed by atoms with Crippen LogP contribution in [0.3, 0.4) is 0 Å². The van der Waals surface area contributed by atoms with Crippen LogP contribution >= 0.6 is 23.7 Å². The summed E-state index contributed by atoms with van der Waals surface area (Å²) in [5, 5.41) is 4.51. The molecule has 1 N–H and O–H groups in total. The van der Waals surface area contributed by atoms with Gasteiger partial charge in [-0.2, -0.15) is 0 Å². The van der Waals surface area contributed by atoms with E-state index in [4.69, 9.17) is 0 Å². The Hall–Kier alpha value is -0.170. The number of halogens is 1. The van der Waals surface area contributed by atoms with E-state index in [1.165, 1.54) is 17.5 Å². The predicted molar refractivity (Wildman–Crippen MR) is 62.4 cm³/mol. The molecule has 1 aliphatic heterocycles. The summed E-state index contributed by atoms with van der Waals surface area (Å²) in [6.45, 7) is 1.48. The van der Waals surface area contributed by atoms with Crippen molar-refractivity contribution in [1.82, 2.24) is 10.3 Å². The van der Waals surface area contributed by atoms with Crippen molar-refractivity contribution in [2.45, 2.75) is 22.4 Å². The molecule has 7 heteroatoms. The second kappa shape index (κ2) is 5.25. The molecule has 0 saturated carbocycles. The fraction of sp³-hybridized carbons (Fsp3) is 0.625. The van der Waals surface area contributed by atoms with Crippen LogP contribution in [-0.2, 0) is 9.84 Å². The van der Waals surface area contributed by atoms with Crippen molar-refractivity contribution in [3.05, 3.63) is 11.6 Å². The lowest BCUT2D eigenvalue weighted by Gasteiger charge is -2.21. The van der Waals surface area contributed by atoms with E-state index in [-0.39, 0.29) is 22.0 Å². The summed E-state index contributed by atoms with van der Waals surface area (Å²) in [4.78, 5) is 3.87. The standard InChI is InChI=1S/C8H12N2O2S2.ClH/c11-14(12,8-10-4-5-13-8)7-2-1-3-9-6-7;/h4-5,7,9H,1-3,6H2;1H. The second-order valence-electron chi connectivity index (χ2n) is 3.31. The largest absolute Gasteiger partial charge is 0.315 e. The van der Waals surface area contributed by atoms with Gasteiger partial charge < -0.3 is 5.32 Å². The predicted octanol–water partition coefficient (Wildman–Crippen LogP) is 1.09. The van der Waals surface area contributed by atoms with Gasteiger partial charge in [-0.1, -0.05) is 0 Å². The van der Waals surface area contributed by atoms with Gasteiger partial charge >= 0.3 is 0 Å². The fourth-order valence-electron chi connectivity index (χ4n) is 1.58. The minimum Gasteiger partial charge on any atom is -0.315 e. The van der Waals surface area contributed by atoms with Crippen molar-refractivity contribution in [3.63, 3.8) is 0 Å². The third kappa shape index (κ3) is 2.69. The van der Waals surface area contributed by atoms with Crippen molar-refractivity contribution in [2.75, 3.05) is 13.1 Å². The van der Waals surface area contributed by atoms with Gasteiger partial charge in [-0.15, -0.1) is 23.7 Å². The summed E-state index contributed by atoms with van der Waals surface area (Å²) < 4.78 is 24.2. The van der Waals surface area contributed by atoms with Crippen LogP contribution in [-0.4, -0.2) is 31.7 Å². The Kier molecular flexibility index (Phi) is 4.51. The Morgan fingerprint density at radius 1 is 1.53 bits per heavy atom. The average Bonchev–Trinajstić information content (AvgIpc) is 2.72. The van der Waals surface area contributed by atoms with E-state index in [0.29, 0.717) is 6.54 Å². The molecule has 1 saturated heterocycles. The molecule has 2 heterocycles. The minimum atomic E-state index is -3.17. The van der Waals surface area contributed by atoms with Crippen LogP contribution in [0.15, 0.2) is 15.9 Å². The highest BCUT2D eigenvalue weighted by molar-refractivity contribution is 7.93. The molecule has 0 aromatic carbocycles. The normalized spacial score (nSPS) is 22.0. The topological polar surface area (TPSA) is 59.1 Å². The Morgan fingerprint density at radius 3 is 2.87 bits per heavy atom. The van der Waals surface area contributed by atoms with Crippen molar-refractivity contribution in [1.29, 1.82) is 0 Å². The molecule has 2 rings (SSSR count). The Bertz CT molecular complexity index is 385. The number of piperidine rings is 1. The Morgan fingerprint density at radius 2 is 2.33 bits per heavy atom. The molecule has 1 aromatic rings. The Labute approximate surface area is 99.4 Å². The van der Waals surface area contributed by atoms with Crippen LogP contribution in [0.25, 0.3) is 0 Å². The molecule has 0 bridgehead atoms. The van der Waals surface area contributed by atoms with Crippen LogP contribution in [0.2, 0.25) is 0 Å². The molecule has 86 valence electrons. The number of hydrogen-bond donors (Lipinski definition) is 1. The molecule has 0 amide bonds. The van der Waals surface area contributed by atoms with E-state index in [1.807, 2.05) is 0 Å². The second-order valence-corrected chi connectivity index (χ2v) is 6.61. The first kappa shape index (κ1) is 12.9.